The Balaban J connectivity index is 1.98. The molecule has 3 rings (SSSR count). The van der Waals surface area contributed by atoms with Crippen molar-refractivity contribution in [2.24, 2.45) is 0 Å². The number of hydrogen-bond acceptors (Lipinski definition) is 7. The Morgan fingerprint density at radius 1 is 1.03 bits per heavy atom. The molecule has 0 radical (unpaired) electrons. The SMILES string of the molecule is O=[N+]([O-])c1c(Nc2ccccc2F)ncnc1Nc1ncc(C(F)(F)F)cc1Cl. The average Bonchev–Trinajstić information content (AvgIpc) is 2.64. The lowest BCUT2D eigenvalue weighted by Crippen LogP contribution is -2.09. The van der Waals surface area contributed by atoms with Crippen molar-refractivity contribution in [2.45, 2.75) is 6.18 Å². The number of benzene rings is 1. The fraction of sp³-hybridized carbons (Fsp3) is 0.0625. The van der Waals surface area contributed by atoms with Gasteiger partial charge in [0.15, 0.2) is 5.82 Å². The number of pyridine rings is 1. The summed E-state index contributed by atoms with van der Waals surface area (Å²) < 4.78 is 52.0. The second kappa shape index (κ2) is 7.83. The number of alkyl halides is 3. The van der Waals surface area contributed by atoms with Gasteiger partial charge in [0.2, 0.25) is 11.6 Å². The molecule has 1 aromatic carbocycles. The maximum Gasteiger partial charge on any atom is 0.417 e. The number of hydrogen-bond donors (Lipinski definition) is 2. The lowest BCUT2D eigenvalue weighted by molar-refractivity contribution is -0.383. The third-order valence-corrected chi connectivity index (χ3v) is 3.83. The van der Waals surface area contributed by atoms with Crippen LogP contribution >= 0.6 is 11.6 Å². The van der Waals surface area contributed by atoms with Crippen molar-refractivity contribution < 1.29 is 22.5 Å². The lowest BCUT2D eigenvalue weighted by Gasteiger charge is -2.12. The first kappa shape index (κ1) is 20.2. The van der Waals surface area contributed by atoms with E-state index in [-0.39, 0.29) is 17.3 Å². The molecule has 0 saturated heterocycles. The van der Waals surface area contributed by atoms with E-state index in [0.29, 0.717) is 12.3 Å². The largest absolute Gasteiger partial charge is 0.417 e. The van der Waals surface area contributed by atoms with Crippen molar-refractivity contribution in [1.82, 2.24) is 15.0 Å². The Morgan fingerprint density at radius 3 is 2.28 bits per heavy atom. The molecule has 0 saturated carbocycles. The molecule has 2 N–H and O–H groups in total. The lowest BCUT2D eigenvalue weighted by atomic mass is 10.2. The molecule has 2 heterocycles. The monoisotopic (exact) mass is 428 g/mol. The first-order valence-corrected chi connectivity index (χ1v) is 8.05. The summed E-state index contributed by atoms with van der Waals surface area (Å²) in [5, 5.41) is 16.0. The number of nitro groups is 1. The Morgan fingerprint density at radius 2 is 1.69 bits per heavy atom. The zero-order valence-electron chi connectivity index (χ0n) is 14.0. The molecule has 0 aliphatic carbocycles. The van der Waals surface area contributed by atoms with Crippen molar-refractivity contribution in [3.05, 3.63) is 69.4 Å². The van der Waals surface area contributed by atoms with Crippen LogP contribution in [0, 0.1) is 15.9 Å². The molecule has 150 valence electrons. The van der Waals surface area contributed by atoms with E-state index in [1.807, 2.05) is 0 Å². The molecule has 0 aliphatic heterocycles. The summed E-state index contributed by atoms with van der Waals surface area (Å²) in [4.78, 5) is 21.7. The Hall–Kier alpha value is -3.54. The van der Waals surface area contributed by atoms with E-state index in [9.17, 15) is 27.7 Å². The summed E-state index contributed by atoms with van der Waals surface area (Å²) in [6.45, 7) is 0. The minimum absolute atomic E-state index is 0.0778. The molecular weight excluding hydrogens is 420 g/mol. The van der Waals surface area contributed by atoms with Crippen molar-refractivity contribution in [3.8, 4) is 0 Å². The maximum absolute atomic E-state index is 13.8. The zero-order valence-corrected chi connectivity index (χ0v) is 14.8. The van der Waals surface area contributed by atoms with Crippen LogP contribution in [0.5, 0.6) is 0 Å². The maximum atomic E-state index is 13.8. The Bertz CT molecular complexity index is 1080. The Labute approximate surface area is 164 Å². The smallest absolute Gasteiger partial charge is 0.332 e. The first-order chi connectivity index (χ1) is 13.7. The van der Waals surface area contributed by atoms with Crippen LogP contribution in [0.15, 0.2) is 42.9 Å². The van der Waals surface area contributed by atoms with Gasteiger partial charge in [-0.05, 0) is 18.2 Å². The van der Waals surface area contributed by atoms with Gasteiger partial charge in [-0.3, -0.25) is 10.1 Å². The first-order valence-electron chi connectivity index (χ1n) is 7.67. The van der Waals surface area contributed by atoms with E-state index in [1.165, 1.54) is 18.2 Å². The van der Waals surface area contributed by atoms with Crippen LogP contribution in [0.4, 0.5) is 46.4 Å². The molecule has 0 fully saturated rings. The summed E-state index contributed by atoms with van der Waals surface area (Å²) >= 11 is 5.80. The predicted molar refractivity (Wildman–Crippen MR) is 95.9 cm³/mol. The van der Waals surface area contributed by atoms with E-state index in [2.05, 4.69) is 25.6 Å². The third-order valence-electron chi connectivity index (χ3n) is 3.54. The zero-order chi connectivity index (χ0) is 21.2. The normalized spacial score (nSPS) is 11.2. The number of nitrogens with zero attached hydrogens (tertiary/aromatic N) is 4. The summed E-state index contributed by atoms with van der Waals surface area (Å²) in [5.74, 6) is -1.72. The van der Waals surface area contributed by atoms with Crippen molar-refractivity contribution in [1.29, 1.82) is 0 Å². The van der Waals surface area contributed by atoms with Gasteiger partial charge in [0.05, 0.1) is 21.2 Å². The number of nitrogens with one attached hydrogen (secondary N) is 2. The van der Waals surface area contributed by atoms with Crippen LogP contribution < -0.4 is 10.6 Å². The second-order valence-corrected chi connectivity index (χ2v) is 5.87. The molecule has 0 spiro atoms. The molecule has 0 bridgehead atoms. The van der Waals surface area contributed by atoms with Gasteiger partial charge >= 0.3 is 11.9 Å². The van der Waals surface area contributed by atoms with Crippen LogP contribution in [0.2, 0.25) is 5.02 Å². The van der Waals surface area contributed by atoms with Crippen LogP contribution in [-0.2, 0) is 6.18 Å². The van der Waals surface area contributed by atoms with Gasteiger partial charge in [-0.25, -0.2) is 19.3 Å². The molecule has 29 heavy (non-hydrogen) atoms. The van der Waals surface area contributed by atoms with Crippen LogP contribution in [0.3, 0.4) is 0 Å². The van der Waals surface area contributed by atoms with E-state index in [4.69, 9.17) is 11.6 Å². The summed E-state index contributed by atoms with van der Waals surface area (Å²) in [6, 6.07) is 6.02. The van der Waals surface area contributed by atoms with Crippen molar-refractivity contribution >= 4 is 40.4 Å². The highest BCUT2D eigenvalue weighted by Crippen LogP contribution is 2.36. The summed E-state index contributed by atoms with van der Waals surface area (Å²) in [5.41, 5.74) is -1.85. The highest BCUT2D eigenvalue weighted by molar-refractivity contribution is 6.33. The van der Waals surface area contributed by atoms with E-state index in [0.717, 1.165) is 12.4 Å². The number of aromatic nitrogens is 3. The van der Waals surface area contributed by atoms with Crippen LogP contribution in [-0.4, -0.2) is 19.9 Å². The molecule has 3 aromatic rings. The fourth-order valence-corrected chi connectivity index (χ4v) is 2.44. The van der Waals surface area contributed by atoms with Crippen LogP contribution in [0.1, 0.15) is 5.56 Å². The molecule has 0 aliphatic rings. The molecule has 0 unspecified atom stereocenters. The Kier molecular flexibility index (Phi) is 5.46. The summed E-state index contributed by atoms with van der Waals surface area (Å²) in [7, 11) is 0. The van der Waals surface area contributed by atoms with E-state index >= 15 is 0 Å². The summed E-state index contributed by atoms with van der Waals surface area (Å²) in [6.07, 6.45) is -3.21. The molecule has 8 nitrogen and oxygen atoms in total. The molecular formula is C16H9ClF4N6O2. The van der Waals surface area contributed by atoms with Gasteiger partial charge < -0.3 is 10.6 Å². The number of anilines is 4. The fourth-order valence-electron chi connectivity index (χ4n) is 2.22. The minimum atomic E-state index is -4.66. The van der Waals surface area contributed by atoms with Gasteiger partial charge in [0, 0.05) is 6.20 Å². The highest BCUT2D eigenvalue weighted by Gasteiger charge is 2.32. The van der Waals surface area contributed by atoms with Gasteiger partial charge in [-0.1, -0.05) is 23.7 Å². The van der Waals surface area contributed by atoms with Crippen molar-refractivity contribution in [2.75, 3.05) is 10.6 Å². The predicted octanol–water partition coefficient (Wildman–Crippen LogP) is 5.08. The van der Waals surface area contributed by atoms with E-state index in [1.54, 1.807) is 0 Å². The van der Waals surface area contributed by atoms with Crippen LogP contribution in [0.25, 0.3) is 0 Å². The highest BCUT2D eigenvalue weighted by atomic mass is 35.5. The number of halogens is 5. The van der Waals surface area contributed by atoms with Crippen molar-refractivity contribution in [3.63, 3.8) is 0 Å². The van der Waals surface area contributed by atoms with Gasteiger partial charge in [0.25, 0.3) is 0 Å². The number of rotatable bonds is 5. The minimum Gasteiger partial charge on any atom is -0.332 e. The number of para-hydroxylation sites is 1. The van der Waals surface area contributed by atoms with Gasteiger partial charge in [0.1, 0.15) is 12.1 Å². The molecule has 13 heteroatoms. The van der Waals surface area contributed by atoms with Gasteiger partial charge in [-0.15, -0.1) is 0 Å². The molecule has 2 aromatic heterocycles. The molecule has 0 atom stereocenters. The quantitative estimate of drug-likeness (QED) is 0.331. The standard InChI is InChI=1S/C16H9ClF4N6O2/c17-9-5-8(16(19,20)21)6-22-13(9)26-15-12(27(28)29)14(23-7-24-15)25-11-4-2-1-3-10(11)18/h1-7H,(H2,22,23,24,25,26). The third kappa shape index (κ3) is 4.48. The topological polar surface area (TPSA) is 106 Å². The molecule has 0 amide bonds. The van der Waals surface area contributed by atoms with E-state index < -0.39 is 39.0 Å². The second-order valence-electron chi connectivity index (χ2n) is 5.46. The average molecular weight is 429 g/mol. The van der Waals surface area contributed by atoms with Gasteiger partial charge in [-0.2, -0.15) is 13.2 Å².